The van der Waals surface area contributed by atoms with Crippen molar-refractivity contribution in [2.75, 3.05) is 0 Å². The highest BCUT2D eigenvalue weighted by Crippen LogP contribution is 2.30. The van der Waals surface area contributed by atoms with Crippen molar-refractivity contribution in [2.24, 2.45) is 0 Å². The van der Waals surface area contributed by atoms with Gasteiger partial charge < -0.3 is 4.74 Å². The molecule has 3 nitrogen and oxygen atoms in total. The van der Waals surface area contributed by atoms with E-state index >= 15 is 0 Å². The number of aromatic nitrogens is 2. The maximum Gasteiger partial charge on any atom is 0.231 e. The molecule has 0 unspecified atom stereocenters. The zero-order chi connectivity index (χ0) is 13.9. The Kier molecular flexibility index (Phi) is 3.52. The number of aryl methyl sites for hydroxylation is 1. The molecule has 1 aromatic heterocycles. The minimum Gasteiger partial charge on any atom is -0.438 e. The molecule has 0 spiro atoms. The van der Waals surface area contributed by atoms with Crippen molar-refractivity contribution >= 4 is 22.5 Å². The summed E-state index contributed by atoms with van der Waals surface area (Å²) in [5.41, 5.74) is 1.91. The molecule has 4 heteroatoms. The van der Waals surface area contributed by atoms with Crippen LogP contribution in [0, 0.1) is 0 Å². The van der Waals surface area contributed by atoms with E-state index in [1.54, 1.807) is 0 Å². The second-order valence-electron chi connectivity index (χ2n) is 4.38. The first kappa shape index (κ1) is 12.9. The molecule has 3 aromatic rings. The molecule has 0 radical (unpaired) electrons. The zero-order valence-corrected chi connectivity index (χ0v) is 11.8. The smallest absolute Gasteiger partial charge is 0.231 e. The highest BCUT2D eigenvalue weighted by molar-refractivity contribution is 6.28. The topological polar surface area (TPSA) is 35.0 Å². The Balaban J connectivity index is 2.10. The van der Waals surface area contributed by atoms with Gasteiger partial charge in [0.2, 0.25) is 11.2 Å². The second kappa shape index (κ2) is 5.47. The predicted molar refractivity (Wildman–Crippen MR) is 80.4 cm³/mol. The Bertz CT molecular complexity index is 758. The van der Waals surface area contributed by atoms with Crippen molar-refractivity contribution < 1.29 is 4.74 Å². The van der Waals surface area contributed by atoms with Crippen LogP contribution in [-0.2, 0) is 6.42 Å². The van der Waals surface area contributed by atoms with E-state index in [0.29, 0.717) is 5.88 Å². The maximum absolute atomic E-state index is 5.96. The van der Waals surface area contributed by atoms with E-state index in [4.69, 9.17) is 16.3 Å². The summed E-state index contributed by atoms with van der Waals surface area (Å²) in [5.74, 6) is 1.29. The van der Waals surface area contributed by atoms with E-state index in [-0.39, 0.29) is 5.28 Å². The molecule has 100 valence electrons. The molecule has 0 saturated carbocycles. The number of benzene rings is 2. The standard InChI is InChI=1S/C16H13ClN2O/c1-2-11-7-3-6-10-14(11)20-15-12-8-4-5-9-13(12)18-16(17)19-15/h3-10H,2H2,1H3. The Morgan fingerprint density at radius 2 is 1.75 bits per heavy atom. The van der Waals surface area contributed by atoms with Gasteiger partial charge in [0.15, 0.2) is 0 Å². The number of rotatable bonds is 3. The molecule has 0 amide bonds. The highest BCUT2D eigenvalue weighted by Gasteiger charge is 2.10. The normalized spacial score (nSPS) is 10.7. The van der Waals surface area contributed by atoms with Crippen molar-refractivity contribution in [3.8, 4) is 11.6 Å². The van der Waals surface area contributed by atoms with Crippen LogP contribution in [0.25, 0.3) is 10.9 Å². The number of nitrogens with zero attached hydrogens (tertiary/aromatic N) is 2. The number of para-hydroxylation sites is 2. The number of hydrogen-bond donors (Lipinski definition) is 0. The molecule has 2 aromatic carbocycles. The lowest BCUT2D eigenvalue weighted by molar-refractivity contribution is 0.463. The third-order valence-corrected chi connectivity index (χ3v) is 3.27. The second-order valence-corrected chi connectivity index (χ2v) is 4.72. The van der Waals surface area contributed by atoms with Crippen LogP contribution in [0.5, 0.6) is 11.6 Å². The van der Waals surface area contributed by atoms with Gasteiger partial charge in [-0.15, -0.1) is 0 Å². The summed E-state index contributed by atoms with van der Waals surface area (Å²) < 4.78 is 5.96. The van der Waals surface area contributed by atoms with Gasteiger partial charge in [-0.2, -0.15) is 4.98 Å². The fourth-order valence-electron chi connectivity index (χ4n) is 2.10. The van der Waals surface area contributed by atoms with Crippen LogP contribution >= 0.6 is 11.6 Å². The minimum atomic E-state index is 0.188. The number of hydrogen-bond acceptors (Lipinski definition) is 3. The monoisotopic (exact) mass is 284 g/mol. The molecule has 20 heavy (non-hydrogen) atoms. The van der Waals surface area contributed by atoms with Crippen LogP contribution in [0.4, 0.5) is 0 Å². The van der Waals surface area contributed by atoms with E-state index in [2.05, 4.69) is 16.9 Å². The van der Waals surface area contributed by atoms with E-state index in [1.807, 2.05) is 48.5 Å². The molecule has 3 rings (SSSR count). The molecule has 0 aliphatic carbocycles. The van der Waals surface area contributed by atoms with Crippen LogP contribution in [0.3, 0.4) is 0 Å². The molecule has 0 atom stereocenters. The van der Waals surface area contributed by atoms with E-state index in [1.165, 1.54) is 0 Å². The number of ether oxygens (including phenoxy) is 1. The van der Waals surface area contributed by atoms with E-state index in [0.717, 1.165) is 28.6 Å². The summed E-state index contributed by atoms with van der Waals surface area (Å²) in [6.07, 6.45) is 0.896. The van der Waals surface area contributed by atoms with Crippen LogP contribution in [0.2, 0.25) is 5.28 Å². The average Bonchev–Trinajstić information content (AvgIpc) is 2.47. The third-order valence-electron chi connectivity index (χ3n) is 3.10. The van der Waals surface area contributed by atoms with Crippen LogP contribution in [0.1, 0.15) is 12.5 Å². The molecular weight excluding hydrogens is 272 g/mol. The average molecular weight is 285 g/mol. The molecule has 0 aliphatic rings. The van der Waals surface area contributed by atoms with Crippen LogP contribution in [0.15, 0.2) is 48.5 Å². The van der Waals surface area contributed by atoms with Crippen molar-refractivity contribution in [3.05, 3.63) is 59.4 Å². The quantitative estimate of drug-likeness (QED) is 0.657. The Morgan fingerprint density at radius 1 is 1.00 bits per heavy atom. The van der Waals surface area contributed by atoms with Crippen molar-refractivity contribution in [1.29, 1.82) is 0 Å². The molecular formula is C16H13ClN2O. The van der Waals surface area contributed by atoms with Gasteiger partial charge in [0.05, 0.1) is 10.9 Å². The summed E-state index contributed by atoms with van der Waals surface area (Å²) >= 11 is 5.96. The number of halogens is 1. The highest BCUT2D eigenvalue weighted by atomic mass is 35.5. The Hall–Kier alpha value is -2.13. The zero-order valence-electron chi connectivity index (χ0n) is 11.0. The van der Waals surface area contributed by atoms with Gasteiger partial charge in [-0.05, 0) is 41.8 Å². The first-order chi connectivity index (χ1) is 9.78. The predicted octanol–water partition coefficient (Wildman–Crippen LogP) is 4.64. The Morgan fingerprint density at radius 3 is 2.60 bits per heavy atom. The molecule has 0 aliphatic heterocycles. The molecule has 1 heterocycles. The first-order valence-corrected chi connectivity index (χ1v) is 6.83. The largest absolute Gasteiger partial charge is 0.438 e. The van der Waals surface area contributed by atoms with Gasteiger partial charge in [0, 0.05) is 0 Å². The third kappa shape index (κ3) is 2.45. The lowest BCUT2D eigenvalue weighted by atomic mass is 10.1. The molecule has 0 saturated heterocycles. The Labute approximate surface area is 122 Å². The molecule has 0 fully saturated rings. The van der Waals surface area contributed by atoms with Gasteiger partial charge in [-0.25, -0.2) is 4.98 Å². The van der Waals surface area contributed by atoms with Gasteiger partial charge in [0.1, 0.15) is 5.75 Å². The molecule has 0 N–H and O–H groups in total. The van der Waals surface area contributed by atoms with Gasteiger partial charge in [-0.1, -0.05) is 37.3 Å². The fourth-order valence-corrected chi connectivity index (χ4v) is 2.27. The molecule has 0 bridgehead atoms. The van der Waals surface area contributed by atoms with Crippen molar-refractivity contribution in [2.45, 2.75) is 13.3 Å². The van der Waals surface area contributed by atoms with E-state index in [9.17, 15) is 0 Å². The summed E-state index contributed by atoms with van der Waals surface area (Å²) in [6, 6.07) is 15.6. The van der Waals surface area contributed by atoms with Gasteiger partial charge in [0.25, 0.3) is 0 Å². The van der Waals surface area contributed by atoms with Gasteiger partial charge >= 0.3 is 0 Å². The fraction of sp³-hybridized carbons (Fsp3) is 0.125. The van der Waals surface area contributed by atoms with Crippen molar-refractivity contribution in [1.82, 2.24) is 9.97 Å². The summed E-state index contributed by atoms with van der Waals surface area (Å²) in [7, 11) is 0. The maximum atomic E-state index is 5.96. The first-order valence-electron chi connectivity index (χ1n) is 6.46. The van der Waals surface area contributed by atoms with E-state index < -0.39 is 0 Å². The lowest BCUT2D eigenvalue weighted by Gasteiger charge is -2.11. The van der Waals surface area contributed by atoms with Crippen LogP contribution in [-0.4, -0.2) is 9.97 Å². The summed E-state index contributed by atoms with van der Waals surface area (Å²) in [4.78, 5) is 8.40. The number of fused-ring (bicyclic) bond motifs is 1. The minimum absolute atomic E-state index is 0.188. The van der Waals surface area contributed by atoms with Gasteiger partial charge in [-0.3, -0.25) is 0 Å². The van der Waals surface area contributed by atoms with Crippen LogP contribution < -0.4 is 4.74 Å². The lowest BCUT2D eigenvalue weighted by Crippen LogP contribution is -1.95. The van der Waals surface area contributed by atoms with Crippen molar-refractivity contribution in [3.63, 3.8) is 0 Å². The summed E-state index contributed by atoms with van der Waals surface area (Å²) in [5, 5.41) is 1.04. The SMILES string of the molecule is CCc1ccccc1Oc1nc(Cl)nc2ccccc12. The summed E-state index contributed by atoms with van der Waals surface area (Å²) in [6.45, 7) is 2.09.